The SMILES string of the molecule is NCc1ccc(F)c(S(=O)(=O)NCCCC(F)(F)F)c1. The average Bonchev–Trinajstić information content (AvgIpc) is 2.34. The van der Waals surface area contributed by atoms with Crippen molar-refractivity contribution in [3.8, 4) is 0 Å². The molecule has 0 amide bonds. The molecule has 0 saturated carbocycles. The average molecular weight is 314 g/mol. The van der Waals surface area contributed by atoms with Crippen molar-refractivity contribution in [2.24, 2.45) is 5.73 Å². The van der Waals surface area contributed by atoms with Gasteiger partial charge >= 0.3 is 6.18 Å². The van der Waals surface area contributed by atoms with E-state index in [4.69, 9.17) is 5.73 Å². The minimum absolute atomic E-state index is 0.0247. The van der Waals surface area contributed by atoms with Gasteiger partial charge < -0.3 is 5.73 Å². The Morgan fingerprint density at radius 2 is 1.90 bits per heavy atom. The molecule has 1 aromatic rings. The van der Waals surface area contributed by atoms with Crippen LogP contribution < -0.4 is 10.5 Å². The van der Waals surface area contributed by atoms with Crippen LogP contribution in [0.2, 0.25) is 0 Å². The molecule has 0 unspecified atom stereocenters. The number of halogens is 4. The van der Waals surface area contributed by atoms with Gasteiger partial charge in [-0.3, -0.25) is 0 Å². The van der Waals surface area contributed by atoms with Gasteiger partial charge in [-0.2, -0.15) is 13.2 Å². The van der Waals surface area contributed by atoms with Crippen LogP contribution in [0.3, 0.4) is 0 Å². The molecular formula is C11H14F4N2O2S. The number of nitrogens with one attached hydrogen (secondary N) is 1. The summed E-state index contributed by atoms with van der Waals surface area (Å²) in [5.41, 5.74) is 5.72. The lowest BCUT2D eigenvalue weighted by atomic mass is 10.2. The zero-order valence-corrected chi connectivity index (χ0v) is 11.2. The number of hydrogen-bond acceptors (Lipinski definition) is 3. The number of nitrogens with two attached hydrogens (primary N) is 1. The van der Waals surface area contributed by atoms with Gasteiger partial charge in [-0.05, 0) is 24.1 Å². The lowest BCUT2D eigenvalue weighted by Gasteiger charge is -2.10. The third kappa shape index (κ3) is 5.06. The largest absolute Gasteiger partial charge is 0.389 e. The molecule has 0 bridgehead atoms. The third-order valence-electron chi connectivity index (χ3n) is 2.45. The van der Waals surface area contributed by atoms with E-state index in [-0.39, 0.29) is 6.54 Å². The van der Waals surface area contributed by atoms with Crippen LogP contribution in [-0.4, -0.2) is 21.1 Å². The smallest absolute Gasteiger partial charge is 0.326 e. The Morgan fingerprint density at radius 1 is 1.25 bits per heavy atom. The minimum Gasteiger partial charge on any atom is -0.326 e. The molecule has 4 nitrogen and oxygen atoms in total. The second kappa shape index (κ2) is 6.51. The predicted molar refractivity (Wildman–Crippen MR) is 64.8 cm³/mol. The van der Waals surface area contributed by atoms with E-state index in [9.17, 15) is 26.0 Å². The summed E-state index contributed by atoms with van der Waals surface area (Å²) >= 11 is 0. The van der Waals surface area contributed by atoms with Crippen molar-refractivity contribution in [3.05, 3.63) is 29.6 Å². The van der Waals surface area contributed by atoms with E-state index in [1.807, 2.05) is 4.72 Å². The summed E-state index contributed by atoms with van der Waals surface area (Å²) in [6.45, 7) is -0.398. The van der Waals surface area contributed by atoms with Gasteiger partial charge in [0.15, 0.2) is 0 Å². The van der Waals surface area contributed by atoms with Crippen LogP contribution in [0.4, 0.5) is 17.6 Å². The highest BCUT2D eigenvalue weighted by atomic mass is 32.2. The highest BCUT2D eigenvalue weighted by Crippen LogP contribution is 2.21. The van der Waals surface area contributed by atoms with Gasteiger partial charge in [0.2, 0.25) is 10.0 Å². The Kier molecular flexibility index (Phi) is 5.49. The number of hydrogen-bond donors (Lipinski definition) is 2. The molecule has 0 radical (unpaired) electrons. The van der Waals surface area contributed by atoms with Crippen molar-refractivity contribution in [1.29, 1.82) is 0 Å². The first-order valence-electron chi connectivity index (χ1n) is 5.70. The zero-order valence-electron chi connectivity index (χ0n) is 10.4. The first-order valence-corrected chi connectivity index (χ1v) is 7.19. The zero-order chi connectivity index (χ0) is 15.4. The van der Waals surface area contributed by atoms with E-state index in [2.05, 4.69) is 0 Å². The normalized spacial score (nSPS) is 12.7. The lowest BCUT2D eigenvalue weighted by Crippen LogP contribution is -2.27. The monoisotopic (exact) mass is 314 g/mol. The Labute approximate surface area is 114 Å². The van der Waals surface area contributed by atoms with Gasteiger partial charge in [0.25, 0.3) is 0 Å². The molecule has 0 atom stereocenters. The maximum atomic E-state index is 13.5. The van der Waals surface area contributed by atoms with Crippen molar-refractivity contribution in [3.63, 3.8) is 0 Å². The maximum absolute atomic E-state index is 13.5. The summed E-state index contributed by atoms with van der Waals surface area (Å²) < 4.78 is 74.7. The van der Waals surface area contributed by atoms with Gasteiger partial charge in [0.05, 0.1) is 0 Å². The highest BCUT2D eigenvalue weighted by molar-refractivity contribution is 7.89. The molecule has 1 aromatic carbocycles. The molecular weight excluding hydrogens is 300 g/mol. The summed E-state index contributed by atoms with van der Waals surface area (Å²) in [6.07, 6.45) is -5.88. The molecule has 9 heteroatoms. The fourth-order valence-corrected chi connectivity index (χ4v) is 2.65. The van der Waals surface area contributed by atoms with E-state index >= 15 is 0 Å². The van der Waals surface area contributed by atoms with Gasteiger partial charge in [-0.25, -0.2) is 17.5 Å². The van der Waals surface area contributed by atoms with Gasteiger partial charge in [-0.15, -0.1) is 0 Å². The maximum Gasteiger partial charge on any atom is 0.389 e. The van der Waals surface area contributed by atoms with Crippen LogP contribution in [0.25, 0.3) is 0 Å². The summed E-state index contributed by atoms with van der Waals surface area (Å²) in [5, 5.41) is 0. The molecule has 0 fully saturated rings. The van der Waals surface area contributed by atoms with Crippen LogP contribution in [0.5, 0.6) is 0 Å². The second-order valence-electron chi connectivity index (χ2n) is 4.09. The van der Waals surface area contributed by atoms with Crippen LogP contribution in [0.15, 0.2) is 23.1 Å². The third-order valence-corrected chi connectivity index (χ3v) is 3.93. The Hall–Kier alpha value is -1.19. The molecule has 0 aliphatic heterocycles. The standard InChI is InChI=1S/C11H14F4N2O2S/c12-9-3-2-8(7-16)6-10(9)20(18,19)17-5-1-4-11(13,14)15/h2-3,6,17H,1,4-5,7,16H2. The topological polar surface area (TPSA) is 72.2 Å². The highest BCUT2D eigenvalue weighted by Gasteiger charge is 2.26. The minimum atomic E-state index is -4.35. The molecule has 0 aliphatic carbocycles. The Balaban J connectivity index is 2.74. The molecule has 0 aliphatic rings. The Morgan fingerprint density at radius 3 is 2.45 bits per heavy atom. The van der Waals surface area contributed by atoms with Crippen molar-refractivity contribution >= 4 is 10.0 Å². The van der Waals surface area contributed by atoms with E-state index in [0.717, 1.165) is 12.1 Å². The molecule has 3 N–H and O–H groups in total. The van der Waals surface area contributed by atoms with E-state index in [0.29, 0.717) is 5.56 Å². The summed E-state index contributed by atoms with van der Waals surface area (Å²) in [6, 6.07) is 3.34. The molecule has 114 valence electrons. The van der Waals surface area contributed by atoms with Gasteiger partial charge in [0.1, 0.15) is 10.7 Å². The Bertz CT molecular complexity index is 558. The molecule has 0 spiro atoms. The molecule has 20 heavy (non-hydrogen) atoms. The fourth-order valence-electron chi connectivity index (χ4n) is 1.45. The van der Waals surface area contributed by atoms with Crippen molar-refractivity contribution in [1.82, 2.24) is 4.72 Å². The summed E-state index contributed by atoms with van der Waals surface area (Å²) in [5.74, 6) is -0.981. The van der Waals surface area contributed by atoms with Gasteiger partial charge in [-0.1, -0.05) is 6.07 Å². The van der Waals surface area contributed by atoms with Gasteiger partial charge in [0, 0.05) is 19.5 Å². The summed E-state index contributed by atoms with van der Waals surface area (Å²) in [7, 11) is -4.19. The van der Waals surface area contributed by atoms with Crippen molar-refractivity contribution in [2.75, 3.05) is 6.54 Å². The quantitative estimate of drug-likeness (QED) is 0.622. The van der Waals surface area contributed by atoms with Crippen molar-refractivity contribution in [2.45, 2.75) is 30.5 Å². The predicted octanol–water partition coefficient (Wildman–Crippen LogP) is 1.91. The number of benzene rings is 1. The van der Waals surface area contributed by atoms with Crippen LogP contribution in [0.1, 0.15) is 18.4 Å². The lowest BCUT2D eigenvalue weighted by molar-refractivity contribution is -0.135. The van der Waals surface area contributed by atoms with Crippen LogP contribution in [0, 0.1) is 5.82 Å². The molecule has 0 heterocycles. The second-order valence-corrected chi connectivity index (χ2v) is 5.82. The number of sulfonamides is 1. The van der Waals surface area contributed by atoms with E-state index in [1.165, 1.54) is 6.07 Å². The van der Waals surface area contributed by atoms with E-state index < -0.39 is 46.3 Å². The van der Waals surface area contributed by atoms with E-state index in [1.54, 1.807) is 0 Å². The molecule has 1 rings (SSSR count). The number of alkyl halides is 3. The summed E-state index contributed by atoms with van der Waals surface area (Å²) in [4.78, 5) is -0.618. The fraction of sp³-hybridized carbons (Fsp3) is 0.455. The number of rotatable bonds is 6. The van der Waals surface area contributed by atoms with Crippen molar-refractivity contribution < 1.29 is 26.0 Å². The molecule has 0 aromatic heterocycles. The first kappa shape index (κ1) is 16.9. The van der Waals surface area contributed by atoms with Crippen LogP contribution >= 0.6 is 0 Å². The molecule has 0 saturated heterocycles. The van der Waals surface area contributed by atoms with Crippen LogP contribution in [-0.2, 0) is 16.6 Å². The first-order chi connectivity index (χ1) is 9.15.